The van der Waals surface area contributed by atoms with Crippen LogP contribution in [0.3, 0.4) is 0 Å². The fraction of sp³-hybridized carbons (Fsp3) is 0.438. The second kappa shape index (κ2) is 6.10. The minimum atomic E-state index is 0.0496. The Morgan fingerprint density at radius 2 is 1.80 bits per heavy atom. The molecule has 0 saturated carbocycles. The van der Waals surface area contributed by atoms with Crippen molar-refractivity contribution in [2.45, 2.75) is 46.2 Å². The molecule has 2 aromatic rings. The summed E-state index contributed by atoms with van der Waals surface area (Å²) in [5, 5.41) is 4.70. The maximum atomic E-state index is 6.37. The molecule has 108 valence electrons. The molecule has 2 rings (SSSR count). The van der Waals surface area contributed by atoms with Crippen LogP contribution < -0.4 is 5.73 Å². The maximum Gasteiger partial charge on any atom is 0.0922 e. The van der Waals surface area contributed by atoms with Crippen molar-refractivity contribution in [2.24, 2.45) is 5.73 Å². The number of aromatic nitrogens is 2. The molecule has 0 aliphatic carbocycles. The van der Waals surface area contributed by atoms with Gasteiger partial charge in [-0.25, -0.2) is 0 Å². The van der Waals surface area contributed by atoms with E-state index in [2.05, 4.69) is 72.6 Å². The molecule has 4 heteroatoms. The van der Waals surface area contributed by atoms with Gasteiger partial charge >= 0.3 is 0 Å². The van der Waals surface area contributed by atoms with Gasteiger partial charge < -0.3 is 5.73 Å². The van der Waals surface area contributed by atoms with Gasteiger partial charge in [0, 0.05) is 16.2 Å². The van der Waals surface area contributed by atoms with Gasteiger partial charge in [-0.15, -0.1) is 0 Å². The topological polar surface area (TPSA) is 43.8 Å². The molecule has 1 aromatic carbocycles. The van der Waals surface area contributed by atoms with E-state index in [1.54, 1.807) is 0 Å². The molecule has 0 amide bonds. The molecule has 20 heavy (non-hydrogen) atoms. The third-order valence-electron chi connectivity index (χ3n) is 4.04. The van der Waals surface area contributed by atoms with Gasteiger partial charge in [-0.05, 0) is 50.5 Å². The first-order chi connectivity index (χ1) is 9.45. The van der Waals surface area contributed by atoms with E-state index in [0.717, 1.165) is 16.6 Å². The molecule has 1 heterocycles. The van der Waals surface area contributed by atoms with E-state index >= 15 is 0 Å². The number of hydrogen-bond donors (Lipinski definition) is 1. The van der Waals surface area contributed by atoms with E-state index in [4.69, 9.17) is 10.8 Å². The lowest BCUT2D eigenvalue weighted by Gasteiger charge is -2.25. The molecule has 0 radical (unpaired) electrons. The summed E-state index contributed by atoms with van der Waals surface area (Å²) in [5.41, 5.74) is 11.1. The van der Waals surface area contributed by atoms with Crippen LogP contribution in [-0.2, 0) is 0 Å². The summed E-state index contributed by atoms with van der Waals surface area (Å²) in [6, 6.07) is 8.49. The Labute approximate surface area is 129 Å². The first-order valence-electron chi connectivity index (χ1n) is 6.99. The van der Waals surface area contributed by atoms with Gasteiger partial charge in [0.2, 0.25) is 0 Å². The third kappa shape index (κ3) is 2.81. The number of nitrogens with two attached hydrogens (primary N) is 1. The molecule has 2 atom stereocenters. The van der Waals surface area contributed by atoms with Crippen LogP contribution in [0.5, 0.6) is 0 Å². The van der Waals surface area contributed by atoms with Crippen molar-refractivity contribution in [1.29, 1.82) is 0 Å². The van der Waals surface area contributed by atoms with E-state index in [1.807, 2.05) is 0 Å². The summed E-state index contributed by atoms with van der Waals surface area (Å²) in [6.07, 6.45) is 0.915. The molecule has 0 spiro atoms. The maximum absolute atomic E-state index is 6.37. The summed E-state index contributed by atoms with van der Waals surface area (Å²) in [7, 11) is 0. The smallest absolute Gasteiger partial charge is 0.0922 e. The average Bonchev–Trinajstić information content (AvgIpc) is 2.69. The number of hydrogen-bond acceptors (Lipinski definition) is 2. The van der Waals surface area contributed by atoms with Crippen molar-refractivity contribution in [3.05, 3.63) is 51.3 Å². The lowest BCUT2D eigenvalue weighted by Crippen LogP contribution is -2.33. The fourth-order valence-electron chi connectivity index (χ4n) is 2.47. The monoisotopic (exact) mass is 335 g/mol. The standard InChI is InChI=1S/C16H22BrN3/c1-5-15(18)16(13-6-8-14(17)9-7-13)20-12(4)10(2)11(3)19-20/h6-9,15-16H,5,18H2,1-4H3. The fourth-order valence-corrected chi connectivity index (χ4v) is 2.73. The lowest BCUT2D eigenvalue weighted by atomic mass is 9.98. The lowest BCUT2D eigenvalue weighted by molar-refractivity contribution is 0.415. The van der Waals surface area contributed by atoms with Crippen LogP contribution in [0, 0.1) is 20.8 Å². The first kappa shape index (κ1) is 15.3. The second-order valence-electron chi connectivity index (χ2n) is 5.31. The highest BCUT2D eigenvalue weighted by Gasteiger charge is 2.24. The minimum absolute atomic E-state index is 0.0496. The van der Waals surface area contributed by atoms with E-state index in [0.29, 0.717) is 0 Å². The molecule has 0 bridgehead atoms. The summed E-state index contributed by atoms with van der Waals surface area (Å²) in [6.45, 7) is 8.40. The zero-order valence-electron chi connectivity index (χ0n) is 12.5. The zero-order valence-corrected chi connectivity index (χ0v) is 14.1. The van der Waals surface area contributed by atoms with Crippen molar-refractivity contribution in [1.82, 2.24) is 9.78 Å². The quantitative estimate of drug-likeness (QED) is 0.920. The molecule has 3 nitrogen and oxygen atoms in total. The van der Waals surface area contributed by atoms with Gasteiger partial charge in [-0.2, -0.15) is 5.10 Å². The largest absolute Gasteiger partial charge is 0.326 e. The van der Waals surface area contributed by atoms with Crippen molar-refractivity contribution in [3.8, 4) is 0 Å². The van der Waals surface area contributed by atoms with Crippen LogP contribution in [0.2, 0.25) is 0 Å². The van der Waals surface area contributed by atoms with E-state index < -0.39 is 0 Å². The highest BCUT2D eigenvalue weighted by atomic mass is 79.9. The van der Waals surface area contributed by atoms with Gasteiger partial charge in [-0.1, -0.05) is 35.0 Å². The third-order valence-corrected chi connectivity index (χ3v) is 4.57. The van der Waals surface area contributed by atoms with Crippen LogP contribution in [0.4, 0.5) is 0 Å². The molecule has 2 N–H and O–H groups in total. The number of benzene rings is 1. The summed E-state index contributed by atoms with van der Waals surface area (Å²) < 4.78 is 3.16. The van der Waals surface area contributed by atoms with Gasteiger partial charge in [0.15, 0.2) is 0 Å². The number of rotatable bonds is 4. The van der Waals surface area contributed by atoms with Crippen molar-refractivity contribution in [3.63, 3.8) is 0 Å². The molecule has 0 aliphatic heterocycles. The second-order valence-corrected chi connectivity index (χ2v) is 6.22. The summed E-state index contributed by atoms with van der Waals surface area (Å²) in [4.78, 5) is 0. The van der Waals surface area contributed by atoms with Crippen LogP contribution in [0.15, 0.2) is 28.7 Å². The van der Waals surface area contributed by atoms with E-state index in [1.165, 1.54) is 16.8 Å². The Morgan fingerprint density at radius 1 is 1.20 bits per heavy atom. The summed E-state index contributed by atoms with van der Waals surface area (Å²) in [5.74, 6) is 0. The predicted molar refractivity (Wildman–Crippen MR) is 87.0 cm³/mol. The number of halogens is 1. The van der Waals surface area contributed by atoms with E-state index in [9.17, 15) is 0 Å². The van der Waals surface area contributed by atoms with Crippen LogP contribution in [0.25, 0.3) is 0 Å². The molecule has 0 aliphatic rings. The van der Waals surface area contributed by atoms with Gasteiger partial charge in [-0.3, -0.25) is 4.68 Å². The number of aryl methyl sites for hydroxylation is 1. The Hall–Kier alpha value is -1.13. The minimum Gasteiger partial charge on any atom is -0.326 e. The van der Waals surface area contributed by atoms with Crippen molar-refractivity contribution in [2.75, 3.05) is 0 Å². The van der Waals surface area contributed by atoms with Gasteiger partial charge in [0.05, 0.1) is 11.7 Å². The van der Waals surface area contributed by atoms with Crippen molar-refractivity contribution < 1.29 is 0 Å². The molecule has 0 saturated heterocycles. The Kier molecular flexibility index (Phi) is 4.66. The SMILES string of the molecule is CCC(N)C(c1ccc(Br)cc1)n1nc(C)c(C)c1C. The summed E-state index contributed by atoms with van der Waals surface area (Å²) >= 11 is 3.48. The molecular weight excluding hydrogens is 314 g/mol. The normalized spacial score (nSPS) is 14.3. The Balaban J connectivity index is 2.52. The molecule has 0 fully saturated rings. The molecule has 1 aromatic heterocycles. The Bertz CT molecular complexity index is 587. The molecule has 2 unspecified atom stereocenters. The van der Waals surface area contributed by atoms with Gasteiger partial charge in [0.25, 0.3) is 0 Å². The van der Waals surface area contributed by atoms with Crippen LogP contribution in [0.1, 0.15) is 41.9 Å². The van der Waals surface area contributed by atoms with Crippen molar-refractivity contribution >= 4 is 15.9 Å². The molecular formula is C16H22BrN3. The van der Waals surface area contributed by atoms with Crippen LogP contribution in [-0.4, -0.2) is 15.8 Å². The van der Waals surface area contributed by atoms with Gasteiger partial charge in [0.1, 0.15) is 0 Å². The predicted octanol–water partition coefficient (Wildman–Crippen LogP) is 3.90. The first-order valence-corrected chi connectivity index (χ1v) is 7.78. The number of nitrogens with zero attached hydrogens (tertiary/aromatic N) is 2. The van der Waals surface area contributed by atoms with Crippen LogP contribution >= 0.6 is 15.9 Å². The highest BCUT2D eigenvalue weighted by Crippen LogP contribution is 2.27. The average molecular weight is 336 g/mol. The zero-order chi connectivity index (χ0) is 14.9. The van der Waals surface area contributed by atoms with E-state index in [-0.39, 0.29) is 12.1 Å². The Morgan fingerprint density at radius 3 is 2.25 bits per heavy atom. The highest BCUT2D eigenvalue weighted by molar-refractivity contribution is 9.10.